The molecule has 2 aliphatic rings. The molecular weight excluding hydrogens is 400 g/mol. The molecule has 1 aromatic carbocycles. The second kappa shape index (κ2) is 9.51. The molecule has 2 fully saturated rings. The van der Waals surface area contributed by atoms with Crippen LogP contribution in [-0.4, -0.2) is 45.4 Å². The van der Waals surface area contributed by atoms with Crippen LogP contribution in [0.1, 0.15) is 67.0 Å². The van der Waals surface area contributed by atoms with E-state index in [1.165, 1.54) is 11.1 Å². The Bertz CT molecular complexity index is 1070. The van der Waals surface area contributed by atoms with Crippen LogP contribution in [0.5, 0.6) is 5.88 Å². The first kappa shape index (κ1) is 21.3. The highest BCUT2D eigenvalue weighted by atomic mass is 16.5. The minimum Gasteiger partial charge on any atom is -0.474 e. The van der Waals surface area contributed by atoms with Crippen LogP contribution in [-0.2, 0) is 6.42 Å². The first-order valence-electron chi connectivity index (χ1n) is 11.9. The van der Waals surface area contributed by atoms with E-state index in [9.17, 15) is 5.11 Å². The van der Waals surface area contributed by atoms with Crippen LogP contribution in [0.25, 0.3) is 10.9 Å². The molecule has 3 aromatic rings. The zero-order valence-corrected chi connectivity index (χ0v) is 18.8. The highest BCUT2D eigenvalue weighted by Gasteiger charge is 2.25. The Labute approximate surface area is 189 Å². The Hall–Kier alpha value is -2.57. The quantitative estimate of drug-likeness (QED) is 0.633. The number of aromatic nitrogens is 3. The summed E-state index contributed by atoms with van der Waals surface area (Å²) in [5.41, 5.74) is 4.58. The number of fused-ring (bicyclic) bond motifs is 1. The van der Waals surface area contributed by atoms with E-state index in [1.807, 2.05) is 12.4 Å². The van der Waals surface area contributed by atoms with Gasteiger partial charge in [0.05, 0.1) is 17.0 Å². The minimum atomic E-state index is -0.181. The van der Waals surface area contributed by atoms with Gasteiger partial charge in [-0.15, -0.1) is 0 Å². The Morgan fingerprint density at radius 2 is 1.84 bits per heavy atom. The van der Waals surface area contributed by atoms with Gasteiger partial charge in [0.1, 0.15) is 11.9 Å². The molecule has 6 heteroatoms. The number of nitrogens with one attached hydrogen (secondary N) is 1. The summed E-state index contributed by atoms with van der Waals surface area (Å²) in [6.45, 7) is 4.06. The molecule has 6 nitrogen and oxygen atoms in total. The number of hydrogen-bond acceptors (Lipinski definition) is 6. The van der Waals surface area contributed by atoms with Crippen molar-refractivity contribution in [2.75, 3.05) is 13.1 Å². The van der Waals surface area contributed by atoms with Crippen LogP contribution in [0.4, 0.5) is 0 Å². The van der Waals surface area contributed by atoms with Crippen molar-refractivity contribution in [2.24, 2.45) is 0 Å². The third-order valence-electron chi connectivity index (χ3n) is 6.81. The van der Waals surface area contributed by atoms with Crippen molar-refractivity contribution in [3.05, 3.63) is 59.2 Å². The lowest BCUT2D eigenvalue weighted by molar-refractivity contribution is 0.122. The molecular formula is C26H32N4O2. The number of aliphatic hydroxyl groups excluding tert-OH is 1. The molecule has 0 unspecified atom stereocenters. The number of aliphatic hydroxyl groups is 1. The van der Waals surface area contributed by atoms with Gasteiger partial charge in [0.15, 0.2) is 0 Å². The Kier molecular flexibility index (Phi) is 6.32. The normalized spacial score (nSPS) is 22.2. The van der Waals surface area contributed by atoms with Gasteiger partial charge in [0.25, 0.3) is 0 Å². The minimum absolute atomic E-state index is 0.176. The van der Waals surface area contributed by atoms with Gasteiger partial charge in [-0.2, -0.15) is 0 Å². The van der Waals surface area contributed by atoms with E-state index in [0.29, 0.717) is 18.2 Å². The second-order valence-electron chi connectivity index (χ2n) is 9.31. The third kappa shape index (κ3) is 4.76. The van der Waals surface area contributed by atoms with E-state index in [-0.39, 0.29) is 12.2 Å². The lowest BCUT2D eigenvalue weighted by Gasteiger charge is -2.27. The van der Waals surface area contributed by atoms with Gasteiger partial charge in [-0.3, -0.25) is 0 Å². The van der Waals surface area contributed by atoms with Crippen LogP contribution >= 0.6 is 0 Å². The Morgan fingerprint density at radius 3 is 2.62 bits per heavy atom. The van der Waals surface area contributed by atoms with Crippen LogP contribution in [0.15, 0.2) is 36.7 Å². The van der Waals surface area contributed by atoms with E-state index < -0.39 is 0 Å². The van der Waals surface area contributed by atoms with Gasteiger partial charge in [-0.05, 0) is 70.0 Å². The summed E-state index contributed by atoms with van der Waals surface area (Å²) < 4.78 is 6.33. The summed E-state index contributed by atoms with van der Waals surface area (Å²) in [6.07, 6.45) is 10.1. The van der Waals surface area contributed by atoms with E-state index >= 15 is 0 Å². The van der Waals surface area contributed by atoms with Gasteiger partial charge in [0.2, 0.25) is 5.88 Å². The number of rotatable bonds is 5. The maximum absolute atomic E-state index is 9.98. The number of aryl methyl sites for hydroxylation is 1. The van der Waals surface area contributed by atoms with Crippen LogP contribution < -0.4 is 10.1 Å². The van der Waals surface area contributed by atoms with E-state index in [0.717, 1.165) is 73.9 Å². The summed E-state index contributed by atoms with van der Waals surface area (Å²) in [6, 6.07) is 8.51. The molecule has 0 radical (unpaired) electrons. The molecule has 1 aliphatic carbocycles. The highest BCUT2D eigenvalue weighted by Crippen LogP contribution is 2.37. The van der Waals surface area contributed by atoms with Crippen molar-refractivity contribution in [1.29, 1.82) is 0 Å². The SMILES string of the molecule is Cc1cccc(Cc2ncc3c(OC4CCNCC4)ncc(C4CCC(O)CC4)c3n2)c1. The number of piperidine rings is 1. The highest BCUT2D eigenvalue weighted by molar-refractivity contribution is 5.85. The molecule has 0 atom stereocenters. The molecule has 5 rings (SSSR count). The number of pyridine rings is 1. The maximum atomic E-state index is 9.98. The number of benzene rings is 1. The van der Waals surface area contributed by atoms with Crippen LogP contribution in [0.2, 0.25) is 0 Å². The maximum Gasteiger partial charge on any atom is 0.224 e. The monoisotopic (exact) mass is 432 g/mol. The van der Waals surface area contributed by atoms with Gasteiger partial charge in [0, 0.05) is 24.4 Å². The van der Waals surface area contributed by atoms with Gasteiger partial charge >= 0.3 is 0 Å². The van der Waals surface area contributed by atoms with Gasteiger partial charge in [-0.25, -0.2) is 15.0 Å². The number of nitrogens with zero attached hydrogens (tertiary/aromatic N) is 3. The topological polar surface area (TPSA) is 80.2 Å². The van der Waals surface area contributed by atoms with Crippen molar-refractivity contribution in [2.45, 2.75) is 70.0 Å². The predicted molar refractivity (Wildman–Crippen MR) is 125 cm³/mol. The number of hydrogen-bond donors (Lipinski definition) is 2. The largest absolute Gasteiger partial charge is 0.474 e. The third-order valence-corrected chi connectivity index (χ3v) is 6.81. The van der Waals surface area contributed by atoms with Crippen LogP contribution in [0.3, 0.4) is 0 Å². The summed E-state index contributed by atoms with van der Waals surface area (Å²) >= 11 is 0. The average Bonchev–Trinajstić information content (AvgIpc) is 2.81. The standard InChI is InChI=1S/C26H32N4O2/c1-17-3-2-4-18(13-17)14-24-28-16-23-25(30-24)22(19-5-7-20(31)8-6-19)15-29-26(23)32-21-9-11-27-12-10-21/h2-4,13,15-16,19-21,27,31H,5-12,14H2,1H3. The molecule has 32 heavy (non-hydrogen) atoms. The molecule has 1 saturated carbocycles. The lowest BCUT2D eigenvalue weighted by atomic mass is 9.82. The fraction of sp³-hybridized carbons (Fsp3) is 0.500. The van der Waals surface area contributed by atoms with Gasteiger partial charge in [-0.1, -0.05) is 29.8 Å². The summed E-state index contributed by atoms with van der Waals surface area (Å²) in [5.74, 6) is 1.83. The molecule has 3 heterocycles. The molecule has 168 valence electrons. The van der Waals surface area contributed by atoms with E-state index in [4.69, 9.17) is 19.7 Å². The molecule has 1 saturated heterocycles. The zero-order chi connectivity index (χ0) is 21.9. The fourth-order valence-electron chi connectivity index (χ4n) is 4.99. The smallest absolute Gasteiger partial charge is 0.224 e. The molecule has 0 amide bonds. The average molecular weight is 433 g/mol. The molecule has 2 aromatic heterocycles. The summed E-state index contributed by atoms with van der Waals surface area (Å²) in [4.78, 5) is 14.5. The lowest BCUT2D eigenvalue weighted by Crippen LogP contribution is -2.34. The zero-order valence-electron chi connectivity index (χ0n) is 18.8. The van der Waals surface area contributed by atoms with Crippen molar-refractivity contribution < 1.29 is 9.84 Å². The molecule has 1 aliphatic heterocycles. The molecule has 0 bridgehead atoms. The Morgan fingerprint density at radius 1 is 1.03 bits per heavy atom. The molecule has 0 spiro atoms. The van der Waals surface area contributed by atoms with Crippen LogP contribution in [0, 0.1) is 6.92 Å². The van der Waals surface area contributed by atoms with Crippen molar-refractivity contribution in [1.82, 2.24) is 20.3 Å². The summed E-state index contributed by atoms with van der Waals surface area (Å²) in [7, 11) is 0. The van der Waals surface area contributed by atoms with E-state index in [2.05, 4.69) is 36.5 Å². The van der Waals surface area contributed by atoms with E-state index in [1.54, 1.807) is 0 Å². The number of ether oxygens (including phenoxy) is 1. The first-order chi connectivity index (χ1) is 15.7. The van der Waals surface area contributed by atoms with Crippen molar-refractivity contribution in [3.63, 3.8) is 0 Å². The molecule has 2 N–H and O–H groups in total. The van der Waals surface area contributed by atoms with Crippen molar-refractivity contribution in [3.8, 4) is 5.88 Å². The predicted octanol–water partition coefficient (Wildman–Crippen LogP) is 4.07. The Balaban J connectivity index is 1.51. The first-order valence-corrected chi connectivity index (χ1v) is 11.9. The second-order valence-corrected chi connectivity index (χ2v) is 9.31. The fourth-order valence-corrected chi connectivity index (χ4v) is 4.99. The van der Waals surface area contributed by atoms with Crippen molar-refractivity contribution >= 4 is 10.9 Å². The van der Waals surface area contributed by atoms with Gasteiger partial charge < -0.3 is 15.2 Å². The summed E-state index contributed by atoms with van der Waals surface area (Å²) in [5, 5.41) is 14.3.